The van der Waals surface area contributed by atoms with Crippen LogP contribution in [-0.2, 0) is 6.54 Å². The number of benzene rings is 2. The highest BCUT2D eigenvalue weighted by molar-refractivity contribution is 5.99. The predicted molar refractivity (Wildman–Crippen MR) is 111 cm³/mol. The van der Waals surface area contributed by atoms with Gasteiger partial charge < -0.3 is 19.4 Å². The van der Waals surface area contributed by atoms with E-state index in [2.05, 4.69) is 4.90 Å². The first kappa shape index (κ1) is 19.8. The van der Waals surface area contributed by atoms with Crippen LogP contribution in [0.3, 0.4) is 0 Å². The Hall–Kier alpha value is -3.16. The summed E-state index contributed by atoms with van der Waals surface area (Å²) in [6.45, 7) is 1.79. The summed E-state index contributed by atoms with van der Waals surface area (Å²) in [6, 6.07) is 11.1. The number of alkyl halides is 2. The van der Waals surface area contributed by atoms with E-state index >= 15 is 0 Å². The Bertz CT molecular complexity index is 1060. The minimum absolute atomic E-state index is 0.0301. The molecule has 0 aromatic heterocycles. The summed E-state index contributed by atoms with van der Waals surface area (Å²) < 4.78 is 32.6. The van der Waals surface area contributed by atoms with Crippen molar-refractivity contribution in [2.45, 2.75) is 25.3 Å². The lowest BCUT2D eigenvalue weighted by molar-refractivity contribution is -0.0494. The third kappa shape index (κ3) is 3.49. The van der Waals surface area contributed by atoms with Crippen LogP contribution in [0.4, 0.5) is 20.2 Å². The molecule has 1 fully saturated rings. The first-order valence-corrected chi connectivity index (χ1v) is 10.4. The molecule has 0 spiro atoms. The van der Waals surface area contributed by atoms with E-state index < -0.39 is 5.92 Å². The maximum atomic E-state index is 13.4. The van der Waals surface area contributed by atoms with Gasteiger partial charge in [-0.1, -0.05) is 0 Å². The number of amides is 2. The number of hydrogen-bond donors (Lipinski definition) is 0. The van der Waals surface area contributed by atoms with E-state index in [1.165, 1.54) is 4.90 Å². The number of likely N-dealkylation sites (tertiary alicyclic amines) is 1. The molecule has 0 saturated carbocycles. The fraction of sp³-hybridized carbons (Fsp3) is 0.391. The third-order valence-corrected chi connectivity index (χ3v) is 6.24. The van der Waals surface area contributed by atoms with Gasteiger partial charge >= 0.3 is 0 Å². The number of fused-ring (bicyclic) bond motifs is 2. The van der Waals surface area contributed by atoms with Crippen molar-refractivity contribution in [1.82, 2.24) is 9.80 Å². The summed E-state index contributed by atoms with van der Waals surface area (Å²) in [5.41, 5.74) is 3.96. The average molecular weight is 427 g/mol. The van der Waals surface area contributed by atoms with Crippen molar-refractivity contribution in [2.75, 3.05) is 38.2 Å². The molecule has 3 aliphatic heterocycles. The third-order valence-electron chi connectivity index (χ3n) is 6.24. The van der Waals surface area contributed by atoms with E-state index in [-0.39, 0.29) is 37.7 Å². The Balaban J connectivity index is 1.40. The smallest absolute Gasteiger partial charge is 0.254 e. The van der Waals surface area contributed by atoms with Crippen LogP contribution in [0.15, 0.2) is 36.4 Å². The second-order valence-electron chi connectivity index (χ2n) is 8.33. The van der Waals surface area contributed by atoms with Gasteiger partial charge in [0.15, 0.2) is 0 Å². The van der Waals surface area contributed by atoms with E-state index in [0.29, 0.717) is 31.0 Å². The molecule has 0 N–H and O–H groups in total. The van der Waals surface area contributed by atoms with E-state index in [1.807, 2.05) is 24.3 Å². The Labute approximate surface area is 179 Å². The number of hydrogen-bond acceptors (Lipinski definition) is 4. The molecular formula is C23H23F2N3O3. The van der Waals surface area contributed by atoms with Crippen LogP contribution in [0.25, 0.3) is 0 Å². The number of nitrogens with zero attached hydrogens (tertiary/aromatic N) is 3. The molecule has 0 bridgehead atoms. The molecule has 2 amide bonds. The zero-order valence-corrected chi connectivity index (χ0v) is 17.2. The molecule has 0 unspecified atom stereocenters. The van der Waals surface area contributed by atoms with Gasteiger partial charge in [0.2, 0.25) is 0 Å². The molecule has 3 aliphatic rings. The molecule has 1 saturated heterocycles. The Morgan fingerprint density at radius 2 is 1.84 bits per heavy atom. The van der Waals surface area contributed by atoms with Gasteiger partial charge in [0, 0.05) is 56.3 Å². The van der Waals surface area contributed by atoms with Crippen molar-refractivity contribution >= 4 is 23.2 Å². The van der Waals surface area contributed by atoms with Gasteiger partial charge in [-0.3, -0.25) is 9.59 Å². The van der Waals surface area contributed by atoms with Gasteiger partial charge in [0.05, 0.1) is 12.2 Å². The monoisotopic (exact) mass is 427 g/mol. The van der Waals surface area contributed by atoms with Crippen LogP contribution in [0.2, 0.25) is 0 Å². The molecule has 8 heteroatoms. The minimum atomic E-state index is -2.69. The molecular weight excluding hydrogens is 404 g/mol. The number of carbonyl (C=O) groups excluding carboxylic acids is 2. The molecule has 5 rings (SSSR count). The number of halogens is 2. The molecule has 0 atom stereocenters. The first-order chi connectivity index (χ1) is 14.8. The van der Waals surface area contributed by atoms with Crippen molar-refractivity contribution in [3.05, 3.63) is 53.1 Å². The normalized spacial score (nSPS) is 19.7. The fourth-order valence-electron chi connectivity index (χ4n) is 4.46. The van der Waals surface area contributed by atoms with E-state index in [0.717, 1.165) is 22.5 Å². The highest BCUT2D eigenvalue weighted by atomic mass is 19.3. The van der Waals surface area contributed by atoms with Crippen LogP contribution in [0.5, 0.6) is 5.75 Å². The lowest BCUT2D eigenvalue weighted by Crippen LogP contribution is -2.42. The standard InChI is InChI=1S/C23H23F2N3O3/c1-26-14-16-12-17(3-4-18(16)22(26)30)28-10-11-31-20-13-15(2-5-19(20)28)21(29)27-8-6-23(24,25)7-9-27/h2-5,12-13H,6-11,14H2,1H3. The minimum Gasteiger partial charge on any atom is -0.490 e. The SMILES string of the molecule is CN1Cc2cc(N3CCOc4cc(C(=O)N5CCC(F)(F)CC5)ccc43)ccc2C1=O. The van der Waals surface area contributed by atoms with Gasteiger partial charge in [-0.15, -0.1) is 0 Å². The topological polar surface area (TPSA) is 53.1 Å². The summed E-state index contributed by atoms with van der Waals surface area (Å²) in [5, 5.41) is 0. The molecule has 0 radical (unpaired) electrons. The number of ether oxygens (including phenoxy) is 1. The van der Waals surface area contributed by atoms with Gasteiger partial charge in [-0.25, -0.2) is 8.78 Å². The highest BCUT2D eigenvalue weighted by Gasteiger charge is 2.36. The number of piperidine rings is 1. The van der Waals surface area contributed by atoms with Crippen molar-refractivity contribution in [1.29, 1.82) is 0 Å². The van der Waals surface area contributed by atoms with E-state index in [4.69, 9.17) is 4.74 Å². The summed E-state index contributed by atoms with van der Waals surface area (Å²) in [4.78, 5) is 30.3. The summed E-state index contributed by atoms with van der Waals surface area (Å²) in [5.74, 6) is -2.32. The van der Waals surface area contributed by atoms with Crippen LogP contribution < -0.4 is 9.64 Å². The Morgan fingerprint density at radius 1 is 1.06 bits per heavy atom. The second kappa shape index (κ2) is 7.21. The van der Waals surface area contributed by atoms with E-state index in [9.17, 15) is 18.4 Å². The molecule has 3 heterocycles. The molecule has 2 aromatic rings. The molecule has 162 valence electrons. The molecule has 0 aliphatic carbocycles. The van der Waals surface area contributed by atoms with Crippen LogP contribution in [0.1, 0.15) is 39.1 Å². The maximum absolute atomic E-state index is 13.4. The molecule has 31 heavy (non-hydrogen) atoms. The summed E-state index contributed by atoms with van der Waals surface area (Å²) >= 11 is 0. The van der Waals surface area contributed by atoms with Gasteiger partial charge in [-0.2, -0.15) is 0 Å². The molecule has 6 nitrogen and oxygen atoms in total. The van der Waals surface area contributed by atoms with Crippen LogP contribution >= 0.6 is 0 Å². The van der Waals surface area contributed by atoms with Crippen molar-refractivity contribution in [2.24, 2.45) is 0 Å². The van der Waals surface area contributed by atoms with Gasteiger partial charge in [0.25, 0.3) is 17.7 Å². The molecule has 2 aromatic carbocycles. The number of anilines is 2. The average Bonchev–Trinajstić information content (AvgIpc) is 3.05. The highest BCUT2D eigenvalue weighted by Crippen LogP contribution is 2.39. The van der Waals surface area contributed by atoms with Gasteiger partial charge in [-0.05, 0) is 42.0 Å². The van der Waals surface area contributed by atoms with Gasteiger partial charge in [0.1, 0.15) is 12.4 Å². The quantitative estimate of drug-likeness (QED) is 0.734. The Kier molecular flexibility index (Phi) is 4.60. The Morgan fingerprint density at radius 3 is 2.61 bits per heavy atom. The summed E-state index contributed by atoms with van der Waals surface area (Å²) in [7, 11) is 1.79. The van der Waals surface area contributed by atoms with Crippen LogP contribution in [0, 0.1) is 0 Å². The predicted octanol–water partition coefficient (Wildman–Crippen LogP) is 3.67. The van der Waals surface area contributed by atoms with E-state index in [1.54, 1.807) is 24.1 Å². The maximum Gasteiger partial charge on any atom is 0.254 e. The van der Waals surface area contributed by atoms with Crippen molar-refractivity contribution < 1.29 is 23.1 Å². The lowest BCUT2D eigenvalue weighted by Gasteiger charge is -2.33. The van der Waals surface area contributed by atoms with Crippen molar-refractivity contribution in [3.8, 4) is 5.75 Å². The van der Waals surface area contributed by atoms with Crippen molar-refractivity contribution in [3.63, 3.8) is 0 Å². The zero-order valence-electron chi connectivity index (χ0n) is 17.2. The largest absolute Gasteiger partial charge is 0.490 e. The second-order valence-corrected chi connectivity index (χ2v) is 8.33. The first-order valence-electron chi connectivity index (χ1n) is 10.4. The number of carbonyl (C=O) groups is 2. The number of rotatable bonds is 2. The zero-order chi connectivity index (χ0) is 21.8. The lowest BCUT2D eigenvalue weighted by atomic mass is 10.0. The van der Waals surface area contributed by atoms with Crippen LogP contribution in [-0.4, -0.2) is 60.8 Å². The fourth-order valence-corrected chi connectivity index (χ4v) is 4.46. The summed E-state index contributed by atoms with van der Waals surface area (Å²) in [6.07, 6.45) is -0.603.